The van der Waals surface area contributed by atoms with E-state index >= 15 is 4.39 Å². The van der Waals surface area contributed by atoms with Crippen LogP contribution in [-0.2, 0) is 25.7 Å². The Morgan fingerprint density at radius 1 is 1.20 bits per heavy atom. The molecule has 3 atom stereocenters. The van der Waals surface area contributed by atoms with Gasteiger partial charge in [0.05, 0.1) is 12.2 Å². The number of barbiturate groups is 1. The highest BCUT2D eigenvalue weighted by Crippen LogP contribution is 2.32. The topological polar surface area (TPSA) is 133 Å². The van der Waals surface area contributed by atoms with Crippen LogP contribution >= 0.6 is 0 Å². The van der Waals surface area contributed by atoms with E-state index in [2.05, 4.69) is 15.0 Å². The molecule has 0 radical (unpaired) electrons. The number of carbonyl (C=O) groups excluding carboxylic acids is 3. The summed E-state index contributed by atoms with van der Waals surface area (Å²) < 4.78 is 41.8. The van der Waals surface area contributed by atoms with Crippen molar-refractivity contribution in [1.29, 1.82) is 0 Å². The number of aromatic nitrogens is 1. The summed E-state index contributed by atoms with van der Waals surface area (Å²) in [4.78, 5) is 43.9. The van der Waals surface area contributed by atoms with Crippen molar-refractivity contribution in [2.45, 2.75) is 70.2 Å². The zero-order chi connectivity index (χ0) is 29.0. The molecule has 4 amide bonds. The summed E-state index contributed by atoms with van der Waals surface area (Å²) >= 11 is -1.60. The van der Waals surface area contributed by atoms with Gasteiger partial charge in [-0.25, -0.2) is 9.18 Å². The minimum Gasteiger partial charge on any atom is -0.598 e. The minimum atomic E-state index is -1.60. The van der Waals surface area contributed by atoms with Gasteiger partial charge in [-0.05, 0) is 83.7 Å². The van der Waals surface area contributed by atoms with E-state index in [0.29, 0.717) is 37.6 Å². The Morgan fingerprint density at radius 3 is 2.55 bits per heavy atom. The predicted octanol–water partition coefficient (Wildman–Crippen LogP) is 4.07. The fourth-order valence-corrected chi connectivity index (χ4v) is 5.45. The Kier molecular flexibility index (Phi) is 9.44. The van der Waals surface area contributed by atoms with Crippen LogP contribution in [-0.4, -0.2) is 56.3 Å². The van der Waals surface area contributed by atoms with E-state index in [-0.39, 0.29) is 24.4 Å². The summed E-state index contributed by atoms with van der Waals surface area (Å²) in [7, 11) is 0. The summed E-state index contributed by atoms with van der Waals surface area (Å²) in [5.74, 6) is -2.17. The Morgan fingerprint density at radius 2 is 1.90 bits per heavy atom. The van der Waals surface area contributed by atoms with Crippen molar-refractivity contribution in [3.8, 4) is 11.5 Å². The van der Waals surface area contributed by atoms with Gasteiger partial charge in [0.15, 0.2) is 0 Å². The molecule has 0 bridgehead atoms. The first-order valence-corrected chi connectivity index (χ1v) is 14.4. The molecule has 0 aliphatic carbocycles. The molecule has 10 nitrogen and oxygen atoms in total. The second-order valence-electron chi connectivity index (χ2n) is 10.9. The average Bonchev–Trinajstić information content (AvgIpc) is 2.90. The molecule has 2 aromatic rings. The van der Waals surface area contributed by atoms with Gasteiger partial charge in [0, 0.05) is 41.9 Å². The lowest BCUT2D eigenvalue weighted by Gasteiger charge is -2.37. The maximum Gasteiger partial charge on any atom is 0.331 e. The van der Waals surface area contributed by atoms with E-state index in [9.17, 15) is 18.9 Å². The summed E-state index contributed by atoms with van der Waals surface area (Å²) in [6, 6.07) is 5.86. The first-order valence-electron chi connectivity index (χ1n) is 13.3. The van der Waals surface area contributed by atoms with Crippen LogP contribution in [0.25, 0.3) is 0 Å². The predicted molar refractivity (Wildman–Crippen MR) is 146 cm³/mol. The Hall–Kier alpha value is -3.06. The van der Waals surface area contributed by atoms with Crippen molar-refractivity contribution in [3.63, 3.8) is 0 Å². The Labute approximate surface area is 236 Å². The molecule has 0 spiro atoms. The molecular weight excluding hydrogens is 539 g/mol. The third kappa shape index (κ3) is 7.17. The van der Waals surface area contributed by atoms with Crippen molar-refractivity contribution < 1.29 is 32.8 Å². The first-order chi connectivity index (χ1) is 18.9. The highest BCUT2D eigenvalue weighted by molar-refractivity contribution is 7.90. The molecule has 1 aromatic heterocycles. The molecule has 2 N–H and O–H groups in total. The van der Waals surface area contributed by atoms with Gasteiger partial charge in [-0.15, -0.1) is 4.72 Å². The molecule has 3 heterocycles. The van der Waals surface area contributed by atoms with Crippen LogP contribution in [0.1, 0.15) is 63.8 Å². The zero-order valence-electron chi connectivity index (χ0n) is 23.1. The zero-order valence-corrected chi connectivity index (χ0v) is 23.9. The van der Waals surface area contributed by atoms with Crippen LogP contribution in [0.15, 0.2) is 36.5 Å². The van der Waals surface area contributed by atoms with Crippen LogP contribution in [0, 0.1) is 18.7 Å². The number of aryl methyl sites for hydroxylation is 1. The van der Waals surface area contributed by atoms with Gasteiger partial charge in [-0.1, -0.05) is 0 Å². The molecule has 2 aliphatic rings. The molecule has 216 valence electrons. The van der Waals surface area contributed by atoms with Crippen molar-refractivity contribution in [3.05, 3.63) is 53.6 Å². The highest BCUT2D eigenvalue weighted by atomic mass is 32.2. The van der Waals surface area contributed by atoms with E-state index in [1.807, 2.05) is 6.92 Å². The maximum atomic E-state index is 15.2. The number of hydrogen-bond acceptors (Lipinski definition) is 8. The number of pyridine rings is 1. The smallest absolute Gasteiger partial charge is 0.331 e. The Balaban J connectivity index is 1.57. The van der Waals surface area contributed by atoms with E-state index in [1.165, 1.54) is 18.2 Å². The van der Waals surface area contributed by atoms with Gasteiger partial charge in [-0.2, -0.15) is 0 Å². The second-order valence-corrected chi connectivity index (χ2v) is 12.9. The summed E-state index contributed by atoms with van der Waals surface area (Å²) in [6.07, 6.45) is 2.63. The number of rotatable bonds is 9. The molecule has 40 heavy (non-hydrogen) atoms. The van der Waals surface area contributed by atoms with Crippen molar-refractivity contribution in [1.82, 2.24) is 19.9 Å². The van der Waals surface area contributed by atoms with Crippen molar-refractivity contribution in [2.75, 3.05) is 13.2 Å². The number of carbonyl (C=O) groups is 3. The number of benzene rings is 1. The van der Waals surface area contributed by atoms with Crippen LogP contribution in [0.4, 0.5) is 9.18 Å². The normalized spacial score (nSPS) is 20.3. The molecular formula is C28H35FN4O6S. The molecule has 4 rings (SSSR count). The van der Waals surface area contributed by atoms with Gasteiger partial charge in [0.2, 0.25) is 11.8 Å². The quantitative estimate of drug-likeness (QED) is 0.338. The fourth-order valence-electron chi connectivity index (χ4n) is 4.60. The van der Waals surface area contributed by atoms with E-state index in [1.54, 1.807) is 39.1 Å². The summed E-state index contributed by atoms with van der Waals surface area (Å²) in [5, 5.41) is 2.29. The van der Waals surface area contributed by atoms with Gasteiger partial charge in [-0.3, -0.25) is 24.8 Å². The van der Waals surface area contributed by atoms with Gasteiger partial charge in [0.25, 0.3) is 0 Å². The van der Waals surface area contributed by atoms with Crippen LogP contribution in [0.2, 0.25) is 0 Å². The lowest BCUT2D eigenvalue weighted by molar-refractivity contribution is -0.145. The summed E-state index contributed by atoms with van der Waals surface area (Å²) in [5.41, 5.74) is 0.996. The van der Waals surface area contributed by atoms with Gasteiger partial charge >= 0.3 is 6.03 Å². The highest BCUT2D eigenvalue weighted by Gasteiger charge is 2.44. The molecule has 2 aliphatic heterocycles. The number of halogens is 1. The van der Waals surface area contributed by atoms with Crippen molar-refractivity contribution >= 4 is 29.2 Å². The maximum absolute atomic E-state index is 15.2. The van der Waals surface area contributed by atoms with Crippen molar-refractivity contribution in [2.24, 2.45) is 5.92 Å². The third-order valence-electron chi connectivity index (χ3n) is 6.87. The SMILES string of the molecule is Cc1ccc(Oc2ccc(F)c(C(CCC3C(=O)NC(=O)N(C4CCOCC4)C3=O)N[S@@+]([O-])C(C)(C)C)c2)cn1. The van der Waals surface area contributed by atoms with E-state index in [4.69, 9.17) is 9.47 Å². The second kappa shape index (κ2) is 12.6. The number of ether oxygens (including phenoxy) is 2. The monoisotopic (exact) mass is 574 g/mol. The van der Waals surface area contributed by atoms with Gasteiger partial charge in [0.1, 0.15) is 28.0 Å². The number of imide groups is 2. The number of nitrogens with one attached hydrogen (secondary N) is 2. The van der Waals surface area contributed by atoms with Gasteiger partial charge < -0.3 is 14.0 Å². The number of amides is 4. The van der Waals surface area contributed by atoms with Crippen LogP contribution in [0.5, 0.6) is 11.5 Å². The molecule has 2 saturated heterocycles. The summed E-state index contributed by atoms with van der Waals surface area (Å²) in [6.45, 7) is 8.03. The molecule has 2 fully saturated rings. The lowest BCUT2D eigenvalue weighted by atomic mass is 9.92. The van der Waals surface area contributed by atoms with Crippen LogP contribution < -0.4 is 14.8 Å². The number of nitrogens with zero attached hydrogens (tertiary/aromatic N) is 2. The average molecular weight is 575 g/mol. The largest absolute Gasteiger partial charge is 0.598 e. The Bertz CT molecular complexity index is 1230. The third-order valence-corrected chi connectivity index (χ3v) is 8.48. The standard InChI is InChI=1S/C28H35FN4O6S/c1-17-5-6-20(16-30-17)39-19-7-9-23(29)22(15-19)24(32-40(37)28(2,3)4)10-8-21-25(34)31-27(36)33(26(21)35)18-11-13-38-14-12-18/h5-7,9,15-16,18,21,24,32H,8,10-14H2,1-4H3,(H,31,34,36)/t21?,24?,40-/m0/s1. The molecule has 0 saturated carbocycles. The van der Waals surface area contributed by atoms with Crippen LogP contribution in [0.3, 0.4) is 0 Å². The molecule has 12 heteroatoms. The molecule has 1 aromatic carbocycles. The van der Waals surface area contributed by atoms with E-state index in [0.717, 1.165) is 10.6 Å². The van der Waals surface area contributed by atoms with E-state index < -0.39 is 51.7 Å². The lowest BCUT2D eigenvalue weighted by Crippen LogP contribution is -2.61. The fraction of sp³-hybridized carbons (Fsp3) is 0.500. The first kappa shape index (κ1) is 29.9. The molecule has 2 unspecified atom stereocenters. The number of hydrogen-bond donors (Lipinski definition) is 2. The minimum absolute atomic E-state index is 0.00306. The number of urea groups is 1.